The first-order valence-electron chi connectivity index (χ1n) is 6.80. The van der Waals surface area contributed by atoms with Gasteiger partial charge in [0, 0.05) is 5.69 Å². The molecule has 0 aromatic heterocycles. The molecule has 0 heterocycles. The molecule has 0 unspecified atom stereocenters. The lowest BCUT2D eigenvalue weighted by molar-refractivity contribution is 0.282. The molecule has 2 aromatic carbocycles. The molecular formula is C16H19NO3S. The average molecular weight is 305 g/mol. The Bertz CT molecular complexity index is 621. The quantitative estimate of drug-likeness (QED) is 0.862. The smallest absolute Gasteiger partial charge is 0.236 e. The van der Waals surface area contributed by atoms with Crippen molar-refractivity contribution >= 4 is 15.7 Å². The number of aryl methyl sites for hydroxylation is 1. The highest BCUT2D eigenvalue weighted by atomic mass is 32.2. The van der Waals surface area contributed by atoms with Crippen molar-refractivity contribution < 1.29 is 13.5 Å². The third-order valence-electron chi connectivity index (χ3n) is 3.20. The molecule has 21 heavy (non-hydrogen) atoms. The van der Waals surface area contributed by atoms with Crippen molar-refractivity contribution in [1.29, 1.82) is 0 Å². The lowest BCUT2D eigenvalue weighted by Crippen LogP contribution is -2.15. The Balaban J connectivity index is 2.06. The molecule has 2 N–H and O–H groups in total. The van der Waals surface area contributed by atoms with Gasteiger partial charge in [0.2, 0.25) is 10.0 Å². The van der Waals surface area contributed by atoms with Crippen molar-refractivity contribution in [1.82, 2.24) is 0 Å². The molecule has 2 aromatic rings. The highest BCUT2D eigenvalue weighted by Crippen LogP contribution is 2.15. The van der Waals surface area contributed by atoms with E-state index in [1.807, 2.05) is 12.1 Å². The van der Waals surface area contributed by atoms with Gasteiger partial charge in [0.15, 0.2) is 0 Å². The molecule has 0 fully saturated rings. The third-order valence-corrected chi connectivity index (χ3v) is 4.46. The van der Waals surface area contributed by atoms with Gasteiger partial charge in [-0.15, -0.1) is 0 Å². The van der Waals surface area contributed by atoms with Gasteiger partial charge in [0.25, 0.3) is 0 Å². The van der Waals surface area contributed by atoms with Crippen molar-refractivity contribution in [2.75, 3.05) is 4.72 Å². The zero-order valence-electron chi connectivity index (χ0n) is 11.9. The number of hydrogen-bond acceptors (Lipinski definition) is 3. The van der Waals surface area contributed by atoms with E-state index in [9.17, 15) is 8.42 Å². The Hall–Kier alpha value is -1.85. The zero-order chi connectivity index (χ0) is 15.3. The summed E-state index contributed by atoms with van der Waals surface area (Å²) in [6.07, 6.45) is 0.921. The van der Waals surface area contributed by atoms with Crippen molar-refractivity contribution in [3.63, 3.8) is 0 Å². The number of sulfonamides is 1. The minimum atomic E-state index is -3.44. The molecule has 0 saturated carbocycles. The number of anilines is 1. The zero-order valence-corrected chi connectivity index (χ0v) is 12.7. The number of rotatable bonds is 6. The van der Waals surface area contributed by atoms with E-state index in [0.29, 0.717) is 11.3 Å². The second-order valence-electron chi connectivity index (χ2n) is 4.89. The predicted octanol–water partition coefficient (Wildman–Crippen LogP) is 2.68. The maximum absolute atomic E-state index is 12.1. The predicted molar refractivity (Wildman–Crippen MR) is 84.4 cm³/mol. The molecule has 2 rings (SSSR count). The van der Waals surface area contributed by atoms with Gasteiger partial charge in [-0.25, -0.2) is 8.42 Å². The summed E-state index contributed by atoms with van der Waals surface area (Å²) in [5.74, 6) is -0.0890. The van der Waals surface area contributed by atoms with Crippen LogP contribution in [0.2, 0.25) is 0 Å². The molecule has 5 heteroatoms. The Morgan fingerprint density at radius 2 is 1.43 bits per heavy atom. The van der Waals surface area contributed by atoms with E-state index >= 15 is 0 Å². The largest absolute Gasteiger partial charge is 0.392 e. The summed E-state index contributed by atoms with van der Waals surface area (Å²) in [6.45, 7) is 2.00. The Morgan fingerprint density at radius 1 is 0.905 bits per heavy atom. The fourth-order valence-corrected chi connectivity index (χ4v) is 3.18. The number of nitrogens with one attached hydrogen (secondary N) is 1. The van der Waals surface area contributed by atoms with Gasteiger partial charge in [-0.2, -0.15) is 0 Å². The van der Waals surface area contributed by atoms with E-state index in [-0.39, 0.29) is 12.4 Å². The van der Waals surface area contributed by atoms with Crippen LogP contribution in [0.25, 0.3) is 0 Å². The van der Waals surface area contributed by atoms with Crippen LogP contribution >= 0.6 is 0 Å². The maximum Gasteiger partial charge on any atom is 0.236 e. The van der Waals surface area contributed by atoms with Gasteiger partial charge in [-0.05, 0) is 35.2 Å². The van der Waals surface area contributed by atoms with Crippen LogP contribution in [0.5, 0.6) is 0 Å². The molecule has 112 valence electrons. The average Bonchev–Trinajstić information content (AvgIpc) is 2.48. The topological polar surface area (TPSA) is 66.4 Å². The van der Waals surface area contributed by atoms with Gasteiger partial charge in [-0.1, -0.05) is 43.3 Å². The Kier molecular flexibility index (Phi) is 4.98. The second kappa shape index (κ2) is 6.74. The van der Waals surface area contributed by atoms with Crippen LogP contribution < -0.4 is 4.72 Å². The molecule has 0 radical (unpaired) electrons. The number of benzene rings is 2. The lowest BCUT2D eigenvalue weighted by atomic mass is 10.2. The highest BCUT2D eigenvalue weighted by Gasteiger charge is 2.11. The van der Waals surface area contributed by atoms with Crippen LogP contribution in [-0.2, 0) is 28.8 Å². The van der Waals surface area contributed by atoms with Crippen LogP contribution in [-0.4, -0.2) is 13.5 Å². The second-order valence-corrected chi connectivity index (χ2v) is 6.61. The van der Waals surface area contributed by atoms with Crippen molar-refractivity contribution in [2.45, 2.75) is 25.7 Å². The summed E-state index contributed by atoms with van der Waals surface area (Å²) in [4.78, 5) is 0. The van der Waals surface area contributed by atoms with Crippen molar-refractivity contribution in [2.24, 2.45) is 0 Å². The highest BCUT2D eigenvalue weighted by molar-refractivity contribution is 7.91. The van der Waals surface area contributed by atoms with Crippen LogP contribution in [0, 0.1) is 0 Å². The summed E-state index contributed by atoms with van der Waals surface area (Å²) in [6, 6.07) is 14.2. The van der Waals surface area contributed by atoms with Gasteiger partial charge >= 0.3 is 0 Å². The van der Waals surface area contributed by atoms with E-state index < -0.39 is 10.0 Å². The monoisotopic (exact) mass is 305 g/mol. The molecule has 0 aliphatic heterocycles. The maximum atomic E-state index is 12.1. The molecule has 0 aliphatic carbocycles. The van der Waals surface area contributed by atoms with E-state index in [4.69, 9.17) is 5.11 Å². The molecule has 0 atom stereocenters. The molecule has 4 nitrogen and oxygen atoms in total. The molecule has 0 aliphatic rings. The molecule has 0 saturated heterocycles. The SMILES string of the molecule is CCc1ccc(NS(=O)(=O)Cc2ccc(CO)cc2)cc1. The lowest BCUT2D eigenvalue weighted by Gasteiger charge is -2.09. The first-order valence-corrected chi connectivity index (χ1v) is 8.46. The van der Waals surface area contributed by atoms with Gasteiger partial charge < -0.3 is 5.11 Å². The molecular weight excluding hydrogens is 286 g/mol. The minimum Gasteiger partial charge on any atom is -0.392 e. The van der Waals surface area contributed by atoms with Gasteiger partial charge in [0.1, 0.15) is 0 Å². The van der Waals surface area contributed by atoms with Gasteiger partial charge in [0.05, 0.1) is 12.4 Å². The van der Waals surface area contributed by atoms with Crippen LogP contribution in [0.1, 0.15) is 23.6 Å². The normalized spacial score (nSPS) is 11.3. The Labute approximate surface area is 125 Å². The fraction of sp³-hybridized carbons (Fsp3) is 0.250. The fourth-order valence-electron chi connectivity index (χ4n) is 1.98. The number of aliphatic hydroxyl groups is 1. The summed E-state index contributed by atoms with van der Waals surface area (Å²) >= 11 is 0. The Morgan fingerprint density at radius 3 is 1.95 bits per heavy atom. The standard InChI is InChI=1S/C16H19NO3S/c1-2-13-7-9-16(10-8-13)17-21(19,20)12-15-5-3-14(11-18)4-6-15/h3-10,17-18H,2,11-12H2,1H3. The van der Waals surface area contributed by atoms with Crippen molar-refractivity contribution in [3.8, 4) is 0 Å². The number of aliphatic hydroxyl groups excluding tert-OH is 1. The van der Waals surface area contributed by atoms with Crippen LogP contribution in [0.4, 0.5) is 5.69 Å². The van der Waals surface area contributed by atoms with E-state index in [1.54, 1.807) is 36.4 Å². The van der Waals surface area contributed by atoms with Crippen molar-refractivity contribution in [3.05, 3.63) is 65.2 Å². The van der Waals surface area contributed by atoms with E-state index in [0.717, 1.165) is 17.5 Å². The minimum absolute atomic E-state index is 0.0466. The van der Waals surface area contributed by atoms with Gasteiger partial charge in [-0.3, -0.25) is 4.72 Å². The number of hydrogen-bond donors (Lipinski definition) is 2. The van der Waals surface area contributed by atoms with E-state index in [2.05, 4.69) is 11.6 Å². The van der Waals surface area contributed by atoms with Crippen LogP contribution in [0.3, 0.4) is 0 Å². The third kappa shape index (κ3) is 4.58. The van der Waals surface area contributed by atoms with E-state index in [1.165, 1.54) is 0 Å². The summed E-state index contributed by atoms with van der Waals surface area (Å²) in [5, 5.41) is 8.97. The molecule has 0 amide bonds. The van der Waals surface area contributed by atoms with Crippen LogP contribution in [0.15, 0.2) is 48.5 Å². The molecule has 0 spiro atoms. The summed E-state index contributed by atoms with van der Waals surface area (Å²) in [5.41, 5.74) is 3.18. The summed E-state index contributed by atoms with van der Waals surface area (Å²) < 4.78 is 26.8. The first-order chi connectivity index (χ1) is 10.0. The first kappa shape index (κ1) is 15.5. The molecule has 0 bridgehead atoms. The summed E-state index contributed by atoms with van der Waals surface area (Å²) in [7, 11) is -3.44.